The zero-order valence-corrected chi connectivity index (χ0v) is 22.2. The zero-order valence-electron chi connectivity index (χ0n) is 21.4. The molecule has 0 aromatic heterocycles. The number of hydrogen-bond donors (Lipinski definition) is 2. The van der Waals surface area contributed by atoms with E-state index in [-0.39, 0.29) is 51.2 Å². The highest BCUT2D eigenvalue weighted by Crippen LogP contribution is 2.56. The van der Waals surface area contributed by atoms with Crippen molar-refractivity contribution in [2.75, 3.05) is 21.3 Å². The molecule has 2 aliphatic heterocycles. The molecule has 198 valence electrons. The summed E-state index contributed by atoms with van der Waals surface area (Å²) >= 11 is 6.54. The maximum absolute atomic E-state index is 14.6. The number of Topliss-reactive ketones (excluding diaryl/α,β-unsaturated/α-hetero) is 2. The third kappa shape index (κ3) is 3.41. The van der Waals surface area contributed by atoms with Gasteiger partial charge in [0.2, 0.25) is 17.2 Å². The molecule has 38 heavy (non-hydrogen) atoms. The molecule has 1 aliphatic carbocycles. The summed E-state index contributed by atoms with van der Waals surface area (Å²) in [7, 11) is 4.06. The zero-order chi connectivity index (χ0) is 27.5. The molecule has 2 aromatic carbocycles. The maximum atomic E-state index is 14.6. The summed E-state index contributed by atoms with van der Waals surface area (Å²) < 4.78 is 22.1. The summed E-state index contributed by atoms with van der Waals surface area (Å²) in [5, 5.41) is 13.5. The van der Waals surface area contributed by atoms with Gasteiger partial charge in [-0.2, -0.15) is 0 Å². The molecule has 0 amide bonds. The fourth-order valence-corrected chi connectivity index (χ4v) is 5.96. The molecule has 0 saturated carbocycles. The largest absolute Gasteiger partial charge is 0.508 e. The molecule has 9 nitrogen and oxygen atoms in total. The van der Waals surface area contributed by atoms with Gasteiger partial charge in [0.15, 0.2) is 5.75 Å². The smallest absolute Gasteiger partial charge is 0.336 e. The Balaban J connectivity index is 1.72. The Labute approximate surface area is 224 Å². The molecule has 5 rings (SSSR count). The Morgan fingerprint density at radius 3 is 2.47 bits per heavy atom. The second-order valence-electron chi connectivity index (χ2n) is 9.48. The van der Waals surface area contributed by atoms with Crippen LogP contribution in [0.3, 0.4) is 0 Å². The topological polar surface area (TPSA) is 120 Å². The SMILES string of the molecule is COC(=O)C1=C(C)NC2=C(C(=O)[C@@]3(Oc4c(Cl)c(OC)cc(OC)c4C3=O)[C@H](C)C2)[C@H]1c1cccc(O)c1. The number of carbonyl (C=O) groups excluding carboxylic acids is 3. The molecule has 0 saturated heterocycles. The van der Waals surface area contributed by atoms with E-state index in [1.807, 2.05) is 0 Å². The molecular weight excluding hydrogens is 514 g/mol. The first-order valence-corrected chi connectivity index (χ1v) is 12.3. The number of rotatable bonds is 4. The Kier molecular flexibility index (Phi) is 6.14. The van der Waals surface area contributed by atoms with Gasteiger partial charge in [0.25, 0.3) is 0 Å². The van der Waals surface area contributed by atoms with Gasteiger partial charge in [-0.3, -0.25) is 9.59 Å². The number of benzene rings is 2. The number of nitrogens with one attached hydrogen (secondary N) is 1. The molecule has 1 spiro atoms. The minimum Gasteiger partial charge on any atom is -0.508 e. The van der Waals surface area contributed by atoms with Crippen molar-refractivity contribution in [3.05, 3.63) is 69.0 Å². The highest BCUT2D eigenvalue weighted by Gasteiger charge is 2.63. The van der Waals surface area contributed by atoms with Crippen molar-refractivity contribution in [1.82, 2.24) is 5.32 Å². The summed E-state index contributed by atoms with van der Waals surface area (Å²) in [6, 6.07) is 7.76. The number of ketones is 2. The van der Waals surface area contributed by atoms with Gasteiger partial charge in [-0.1, -0.05) is 30.7 Å². The van der Waals surface area contributed by atoms with E-state index in [0.717, 1.165) is 0 Å². The predicted octanol–water partition coefficient (Wildman–Crippen LogP) is 4.07. The Morgan fingerprint density at radius 2 is 1.84 bits per heavy atom. The number of allylic oxidation sites excluding steroid dienone is 2. The standard InChI is InChI=1S/C28H26ClNO8/c1-12-9-16-21(20(14-7-6-8-15(31)10-14)19(13(2)30-16)27(34)37-5)25(32)28(12)26(33)22-17(35-3)11-18(36-4)23(29)24(22)38-28/h6-8,10-12,20,30-31H,9H2,1-5H3/t12-,20+,28+/m1/s1. The number of esters is 1. The predicted molar refractivity (Wildman–Crippen MR) is 137 cm³/mol. The van der Waals surface area contributed by atoms with Gasteiger partial charge in [0.05, 0.1) is 26.9 Å². The van der Waals surface area contributed by atoms with Crippen LogP contribution < -0.4 is 19.5 Å². The van der Waals surface area contributed by atoms with Gasteiger partial charge in [-0.15, -0.1) is 0 Å². The van der Waals surface area contributed by atoms with Crippen molar-refractivity contribution >= 4 is 29.1 Å². The highest BCUT2D eigenvalue weighted by molar-refractivity contribution is 6.36. The van der Waals surface area contributed by atoms with E-state index in [1.54, 1.807) is 26.0 Å². The van der Waals surface area contributed by atoms with Crippen molar-refractivity contribution in [2.24, 2.45) is 5.92 Å². The van der Waals surface area contributed by atoms with E-state index < -0.39 is 35.0 Å². The van der Waals surface area contributed by atoms with Crippen molar-refractivity contribution < 1.29 is 38.4 Å². The average Bonchev–Trinajstić information content (AvgIpc) is 3.21. The quantitative estimate of drug-likeness (QED) is 0.437. The van der Waals surface area contributed by atoms with Crippen molar-refractivity contribution in [1.29, 1.82) is 0 Å². The summed E-state index contributed by atoms with van der Waals surface area (Å²) in [6.45, 7) is 3.47. The molecule has 0 fully saturated rings. The van der Waals surface area contributed by atoms with Gasteiger partial charge in [-0.05, 0) is 31.0 Å². The third-order valence-electron chi connectivity index (χ3n) is 7.46. The van der Waals surface area contributed by atoms with Crippen LogP contribution in [0.25, 0.3) is 0 Å². The van der Waals surface area contributed by atoms with Crippen LogP contribution in [0.1, 0.15) is 42.1 Å². The first kappa shape index (κ1) is 25.7. The van der Waals surface area contributed by atoms with E-state index in [9.17, 15) is 19.5 Å². The number of phenolic OH excluding ortho intramolecular Hbond substituents is 1. The number of fused-ring (bicyclic) bond motifs is 1. The number of halogens is 1. The molecule has 2 aromatic rings. The lowest BCUT2D eigenvalue weighted by Crippen LogP contribution is -2.58. The number of carbonyl (C=O) groups is 3. The summed E-state index contributed by atoms with van der Waals surface area (Å²) in [4.78, 5) is 41.7. The maximum Gasteiger partial charge on any atom is 0.336 e. The Hall–Kier alpha value is -3.98. The normalized spacial score (nSPS) is 24.1. The molecule has 2 N–H and O–H groups in total. The molecule has 3 aliphatic rings. The van der Waals surface area contributed by atoms with Crippen LogP contribution in [0.2, 0.25) is 5.02 Å². The molecule has 0 bridgehead atoms. The number of hydrogen-bond acceptors (Lipinski definition) is 9. The van der Waals surface area contributed by atoms with E-state index in [4.69, 9.17) is 30.5 Å². The lowest BCUT2D eigenvalue weighted by molar-refractivity contribution is -0.136. The van der Waals surface area contributed by atoms with Crippen LogP contribution in [-0.4, -0.2) is 49.6 Å². The van der Waals surface area contributed by atoms with E-state index in [0.29, 0.717) is 17.0 Å². The first-order chi connectivity index (χ1) is 18.1. The number of phenols is 1. The molecule has 10 heteroatoms. The summed E-state index contributed by atoms with van der Waals surface area (Å²) in [5.41, 5.74) is 0.0365. The van der Waals surface area contributed by atoms with Gasteiger partial charge in [0.1, 0.15) is 27.8 Å². The monoisotopic (exact) mass is 539 g/mol. The third-order valence-corrected chi connectivity index (χ3v) is 7.82. The number of aromatic hydroxyl groups is 1. The van der Waals surface area contributed by atoms with Crippen LogP contribution in [0.4, 0.5) is 0 Å². The lowest BCUT2D eigenvalue weighted by atomic mass is 9.65. The Bertz CT molecular complexity index is 1480. The van der Waals surface area contributed by atoms with Gasteiger partial charge in [0, 0.05) is 34.9 Å². The first-order valence-electron chi connectivity index (χ1n) is 11.9. The van der Waals surface area contributed by atoms with Crippen LogP contribution in [0.5, 0.6) is 23.0 Å². The molecular formula is C28H26ClNO8. The minimum atomic E-state index is -1.95. The highest BCUT2D eigenvalue weighted by atomic mass is 35.5. The molecule has 2 heterocycles. The van der Waals surface area contributed by atoms with Gasteiger partial charge < -0.3 is 29.4 Å². The molecule has 0 unspecified atom stereocenters. The van der Waals surface area contributed by atoms with Crippen molar-refractivity contribution in [2.45, 2.75) is 31.8 Å². The van der Waals surface area contributed by atoms with E-state index in [2.05, 4.69) is 5.32 Å². The fourth-order valence-electron chi connectivity index (χ4n) is 5.69. The number of dihydropyridines is 1. The average molecular weight is 540 g/mol. The van der Waals surface area contributed by atoms with Crippen LogP contribution in [0.15, 0.2) is 52.9 Å². The molecule has 0 radical (unpaired) electrons. The van der Waals surface area contributed by atoms with Crippen LogP contribution in [-0.2, 0) is 14.3 Å². The number of methoxy groups -OCH3 is 3. The Morgan fingerprint density at radius 1 is 1.13 bits per heavy atom. The van der Waals surface area contributed by atoms with Gasteiger partial charge in [-0.25, -0.2) is 4.79 Å². The minimum absolute atomic E-state index is 0.00899. The van der Waals surface area contributed by atoms with Crippen LogP contribution >= 0.6 is 11.6 Å². The second-order valence-corrected chi connectivity index (χ2v) is 9.85. The lowest BCUT2D eigenvalue weighted by Gasteiger charge is -2.42. The van der Waals surface area contributed by atoms with E-state index in [1.165, 1.54) is 39.5 Å². The second kappa shape index (κ2) is 9.09. The summed E-state index contributed by atoms with van der Waals surface area (Å²) in [5.74, 6) is -3.01. The molecule has 3 atom stereocenters. The van der Waals surface area contributed by atoms with Crippen molar-refractivity contribution in [3.63, 3.8) is 0 Å². The van der Waals surface area contributed by atoms with Gasteiger partial charge >= 0.3 is 5.97 Å². The van der Waals surface area contributed by atoms with E-state index >= 15 is 0 Å². The summed E-state index contributed by atoms with van der Waals surface area (Å²) in [6.07, 6.45) is 0.263. The fraction of sp³-hybridized carbons (Fsp3) is 0.321. The van der Waals surface area contributed by atoms with Crippen molar-refractivity contribution in [3.8, 4) is 23.0 Å². The number of ether oxygens (including phenoxy) is 4. The van der Waals surface area contributed by atoms with Crippen LogP contribution in [0, 0.1) is 5.92 Å².